The highest BCUT2D eigenvalue weighted by atomic mass is 35.5. The summed E-state index contributed by atoms with van der Waals surface area (Å²) in [5.41, 5.74) is 1.13. The molecule has 0 fully saturated rings. The fourth-order valence-corrected chi connectivity index (χ4v) is 2.95. The van der Waals surface area contributed by atoms with Crippen molar-refractivity contribution in [3.8, 4) is 5.69 Å². The Hall–Kier alpha value is -1.18. The standard InChI is InChI=1S/C14H21N2O3Si.ClH/c1-19-20(17,18)12-6-5-9-15-10-11-16(13-15)14-7-3-2-4-8-14;/h2-4,7-8,10-11,13,17-18H,5-6,9,12H2,1H3;1H/q+1;/p-1. The van der Waals surface area contributed by atoms with Gasteiger partial charge in [0.15, 0.2) is 0 Å². The summed E-state index contributed by atoms with van der Waals surface area (Å²) in [6, 6.07) is 10.5. The highest BCUT2D eigenvalue weighted by Gasteiger charge is 2.29. The molecular weight excluding hydrogens is 308 g/mol. The number of imidazole rings is 1. The molecule has 0 saturated heterocycles. The first-order chi connectivity index (χ1) is 9.61. The van der Waals surface area contributed by atoms with Crippen LogP contribution in [0.25, 0.3) is 5.69 Å². The molecule has 0 aliphatic rings. The van der Waals surface area contributed by atoms with Gasteiger partial charge in [-0.1, -0.05) is 18.2 Å². The number of halogens is 1. The van der Waals surface area contributed by atoms with E-state index in [4.69, 9.17) is 4.43 Å². The molecule has 0 amide bonds. The van der Waals surface area contributed by atoms with E-state index in [1.807, 2.05) is 36.9 Å². The minimum absolute atomic E-state index is 0. The van der Waals surface area contributed by atoms with E-state index >= 15 is 0 Å². The molecule has 0 unspecified atom stereocenters. The van der Waals surface area contributed by atoms with Crippen LogP contribution in [0.5, 0.6) is 0 Å². The normalized spacial score (nSPS) is 11.2. The van der Waals surface area contributed by atoms with E-state index in [1.165, 1.54) is 7.11 Å². The maximum Gasteiger partial charge on any atom is 0.495 e. The zero-order chi connectivity index (χ0) is 14.4. The average Bonchev–Trinajstić information content (AvgIpc) is 2.93. The number of nitrogens with zero attached hydrogens (tertiary/aromatic N) is 2. The summed E-state index contributed by atoms with van der Waals surface area (Å²) in [4.78, 5) is 18.9. The largest absolute Gasteiger partial charge is 1.00 e. The number of hydrogen-bond acceptors (Lipinski definition) is 3. The van der Waals surface area contributed by atoms with Gasteiger partial charge in [0, 0.05) is 13.2 Å². The molecule has 2 rings (SSSR count). The van der Waals surface area contributed by atoms with Crippen molar-refractivity contribution in [2.75, 3.05) is 7.11 Å². The minimum Gasteiger partial charge on any atom is -1.00 e. The van der Waals surface area contributed by atoms with Crippen molar-refractivity contribution in [3.05, 3.63) is 49.1 Å². The van der Waals surface area contributed by atoms with Crippen LogP contribution in [-0.4, -0.2) is 30.1 Å². The zero-order valence-corrected chi connectivity index (χ0v) is 13.8. The van der Waals surface area contributed by atoms with Gasteiger partial charge in [0.25, 0.3) is 0 Å². The summed E-state index contributed by atoms with van der Waals surface area (Å²) in [5.74, 6) is 0. The second-order valence-electron chi connectivity index (χ2n) is 4.80. The highest BCUT2D eigenvalue weighted by molar-refractivity contribution is 6.57. The molecule has 1 aromatic carbocycles. The molecular formula is C14H21ClN2O3Si. The van der Waals surface area contributed by atoms with Crippen molar-refractivity contribution < 1.29 is 31.0 Å². The first-order valence-electron chi connectivity index (χ1n) is 6.73. The van der Waals surface area contributed by atoms with Crippen LogP contribution < -0.4 is 17.0 Å². The van der Waals surface area contributed by atoms with Crippen LogP contribution in [-0.2, 0) is 11.0 Å². The highest BCUT2D eigenvalue weighted by Crippen LogP contribution is 2.08. The van der Waals surface area contributed by atoms with Crippen LogP contribution in [0.2, 0.25) is 6.04 Å². The number of hydrogen-bond donors (Lipinski definition) is 2. The fourth-order valence-electron chi connectivity index (χ4n) is 2.03. The molecule has 1 aromatic heterocycles. The molecule has 2 N–H and O–H groups in total. The van der Waals surface area contributed by atoms with E-state index < -0.39 is 8.80 Å². The van der Waals surface area contributed by atoms with Gasteiger partial charge < -0.3 is 26.4 Å². The molecule has 0 aliphatic heterocycles. The smallest absolute Gasteiger partial charge is 0.495 e. The zero-order valence-electron chi connectivity index (χ0n) is 12.0. The Morgan fingerprint density at radius 3 is 2.57 bits per heavy atom. The summed E-state index contributed by atoms with van der Waals surface area (Å²) in [5, 5.41) is 0. The van der Waals surface area contributed by atoms with Crippen LogP contribution in [0.1, 0.15) is 12.8 Å². The van der Waals surface area contributed by atoms with Crippen molar-refractivity contribution in [1.82, 2.24) is 4.57 Å². The topological polar surface area (TPSA) is 58.5 Å². The molecule has 1 heterocycles. The van der Waals surface area contributed by atoms with E-state index in [0.717, 1.165) is 25.1 Å². The quantitative estimate of drug-likeness (QED) is 0.355. The van der Waals surface area contributed by atoms with Gasteiger partial charge in [0.1, 0.15) is 18.1 Å². The van der Waals surface area contributed by atoms with Gasteiger partial charge in [0.05, 0.1) is 6.54 Å². The molecule has 7 heteroatoms. The molecule has 116 valence electrons. The first-order valence-corrected chi connectivity index (χ1v) is 8.74. The molecule has 5 nitrogen and oxygen atoms in total. The van der Waals surface area contributed by atoms with Gasteiger partial charge in [0.2, 0.25) is 6.33 Å². The van der Waals surface area contributed by atoms with Gasteiger partial charge in [-0.3, -0.25) is 0 Å². The summed E-state index contributed by atoms with van der Waals surface area (Å²) in [6.07, 6.45) is 7.71. The Kier molecular flexibility index (Phi) is 7.07. The monoisotopic (exact) mass is 328 g/mol. The van der Waals surface area contributed by atoms with E-state index in [0.29, 0.717) is 6.04 Å². The number of aryl methyl sites for hydroxylation is 1. The van der Waals surface area contributed by atoms with E-state index in [-0.39, 0.29) is 12.4 Å². The van der Waals surface area contributed by atoms with E-state index in [2.05, 4.69) is 21.3 Å². The third kappa shape index (κ3) is 5.60. The van der Waals surface area contributed by atoms with Crippen LogP contribution in [0.4, 0.5) is 0 Å². The summed E-state index contributed by atoms with van der Waals surface area (Å²) >= 11 is 0. The Morgan fingerprint density at radius 1 is 1.19 bits per heavy atom. The van der Waals surface area contributed by atoms with Gasteiger partial charge >= 0.3 is 8.80 Å². The second kappa shape index (κ2) is 8.31. The summed E-state index contributed by atoms with van der Waals surface area (Å²) < 4.78 is 8.85. The maximum atomic E-state index is 9.43. The molecule has 0 radical (unpaired) electrons. The van der Waals surface area contributed by atoms with Crippen molar-refractivity contribution in [2.24, 2.45) is 0 Å². The van der Waals surface area contributed by atoms with Crippen molar-refractivity contribution >= 4 is 8.80 Å². The van der Waals surface area contributed by atoms with E-state index in [1.54, 1.807) is 0 Å². The van der Waals surface area contributed by atoms with Crippen molar-refractivity contribution in [3.63, 3.8) is 0 Å². The van der Waals surface area contributed by atoms with Gasteiger partial charge in [-0.25, -0.2) is 9.13 Å². The number of benzene rings is 1. The van der Waals surface area contributed by atoms with Crippen LogP contribution in [0, 0.1) is 0 Å². The number of rotatable bonds is 7. The van der Waals surface area contributed by atoms with Gasteiger partial charge in [-0.15, -0.1) is 0 Å². The number of aromatic nitrogens is 2. The van der Waals surface area contributed by atoms with Gasteiger partial charge in [-0.05, 0) is 25.0 Å². The Morgan fingerprint density at radius 2 is 1.90 bits per heavy atom. The number of unbranched alkanes of at least 4 members (excludes halogenated alkanes) is 1. The Labute approximate surface area is 132 Å². The Bertz CT molecular complexity index is 534. The van der Waals surface area contributed by atoms with Crippen LogP contribution in [0.3, 0.4) is 0 Å². The predicted octanol–water partition coefficient (Wildman–Crippen LogP) is -1.88. The lowest BCUT2D eigenvalue weighted by Gasteiger charge is -2.13. The van der Waals surface area contributed by atoms with Crippen molar-refractivity contribution in [2.45, 2.75) is 25.4 Å². The van der Waals surface area contributed by atoms with E-state index in [9.17, 15) is 9.59 Å². The molecule has 0 bridgehead atoms. The fraction of sp³-hybridized carbons (Fsp3) is 0.357. The molecule has 0 atom stereocenters. The number of para-hydroxylation sites is 1. The lowest BCUT2D eigenvalue weighted by Crippen LogP contribution is -3.00. The third-order valence-corrected chi connectivity index (χ3v) is 4.90. The summed E-state index contributed by atoms with van der Waals surface area (Å²) in [6.45, 7) is 0.855. The molecule has 0 aliphatic carbocycles. The maximum absolute atomic E-state index is 9.43. The van der Waals surface area contributed by atoms with Gasteiger partial charge in [-0.2, -0.15) is 0 Å². The second-order valence-corrected chi connectivity index (χ2v) is 7.19. The van der Waals surface area contributed by atoms with Crippen LogP contribution >= 0.6 is 0 Å². The minimum atomic E-state index is -3.38. The average molecular weight is 329 g/mol. The molecule has 2 aromatic rings. The SMILES string of the molecule is CO[Si](O)(O)CCCC[n+]1ccn(-c2ccccc2)c1.[Cl-]. The Balaban J connectivity index is 0.00000220. The molecule has 0 spiro atoms. The lowest BCUT2D eigenvalue weighted by atomic mass is 10.3. The van der Waals surface area contributed by atoms with Crippen molar-refractivity contribution in [1.29, 1.82) is 0 Å². The molecule has 21 heavy (non-hydrogen) atoms. The predicted molar refractivity (Wildman–Crippen MR) is 77.2 cm³/mol. The third-order valence-electron chi connectivity index (χ3n) is 3.24. The first kappa shape index (κ1) is 17.9. The lowest BCUT2D eigenvalue weighted by molar-refractivity contribution is -0.696. The van der Waals surface area contributed by atoms with Crippen LogP contribution in [0.15, 0.2) is 49.1 Å². The molecule has 0 saturated carbocycles. The summed E-state index contributed by atoms with van der Waals surface area (Å²) in [7, 11) is -2.03.